The first-order chi connectivity index (χ1) is 22.1. The summed E-state index contributed by atoms with van der Waals surface area (Å²) < 4.78 is 32.6. The second-order valence-corrected chi connectivity index (χ2v) is 14.1. The van der Waals surface area contributed by atoms with Gasteiger partial charge in [0.25, 0.3) is 11.8 Å². The summed E-state index contributed by atoms with van der Waals surface area (Å²) in [6.45, 7) is 3.81. The molecule has 0 aliphatic carbocycles. The number of nitrogens with zero attached hydrogens (tertiary/aromatic N) is 2. The van der Waals surface area contributed by atoms with Gasteiger partial charge < -0.3 is 20.5 Å². The molecule has 6 rings (SSSR count). The molecule has 3 heterocycles. The minimum atomic E-state index is -3.98. The molecule has 1 saturated heterocycles. The molecule has 1 atom stereocenters. The zero-order valence-electron chi connectivity index (χ0n) is 25.0. The first kappa shape index (κ1) is 31.4. The molecule has 13 heteroatoms. The summed E-state index contributed by atoms with van der Waals surface area (Å²) in [6.07, 6.45) is 4.03. The molecule has 3 aromatic carbocycles. The second kappa shape index (κ2) is 13.0. The Hall–Kier alpha value is -4.59. The fourth-order valence-electron chi connectivity index (χ4n) is 5.81. The van der Waals surface area contributed by atoms with Gasteiger partial charge in [-0.2, -0.15) is 0 Å². The molecule has 2 aliphatic heterocycles. The van der Waals surface area contributed by atoms with Gasteiger partial charge in [-0.15, -0.1) is 11.3 Å². The topological polar surface area (TPSA) is 155 Å². The average molecular weight is 661 g/mol. The van der Waals surface area contributed by atoms with Gasteiger partial charge in [0.15, 0.2) is 0 Å². The van der Waals surface area contributed by atoms with Crippen LogP contribution in [0.5, 0.6) is 5.75 Å². The van der Waals surface area contributed by atoms with Gasteiger partial charge in [0, 0.05) is 28.7 Å². The normalized spacial score (nSPS) is 17.0. The van der Waals surface area contributed by atoms with Crippen LogP contribution in [-0.4, -0.2) is 66.9 Å². The molecule has 2 amide bonds. The molecule has 46 heavy (non-hydrogen) atoms. The summed E-state index contributed by atoms with van der Waals surface area (Å²) in [7, 11) is -3.98. The quantitative estimate of drug-likeness (QED) is 0.204. The van der Waals surface area contributed by atoms with Crippen LogP contribution in [0.3, 0.4) is 0 Å². The second-order valence-electron chi connectivity index (χ2n) is 11.1. The van der Waals surface area contributed by atoms with Crippen LogP contribution in [0.25, 0.3) is 10.6 Å². The van der Waals surface area contributed by atoms with Crippen molar-refractivity contribution in [2.24, 2.45) is 0 Å². The highest BCUT2D eigenvalue weighted by Gasteiger charge is 2.33. The number of hydrogen-bond donors (Lipinski definition) is 3. The number of anilines is 1. The number of carboxylic acids is 1. The van der Waals surface area contributed by atoms with Crippen molar-refractivity contribution in [3.63, 3.8) is 0 Å². The Morgan fingerprint density at radius 1 is 1.11 bits per heavy atom. The molecule has 1 fully saturated rings. The van der Waals surface area contributed by atoms with E-state index in [4.69, 9.17) is 4.74 Å². The van der Waals surface area contributed by atoms with E-state index in [0.29, 0.717) is 30.9 Å². The standard InChI is InChI=1S/C33H32N4O7S2/c1-20-24(13-14-28-29(20)36-31(39)25-6-2-3-8-27(25)46(28,42)43)30(38)34-18-23-19-35-32(45-23)21-9-11-22(12-10-21)44-17-5-16-37-15-4-7-26(37)33(40)41/h2-3,6,8-14,19,26H,4-5,7,15-18H2,1H3,(H,34,38)(H,36,39)(H,40,41)/t26-/m0/s1. The van der Waals surface area contributed by atoms with Gasteiger partial charge in [-0.25, -0.2) is 13.4 Å². The van der Waals surface area contributed by atoms with Gasteiger partial charge in [0.2, 0.25) is 9.84 Å². The monoisotopic (exact) mass is 660 g/mol. The number of likely N-dealkylation sites (tertiary alicyclic amines) is 1. The van der Waals surface area contributed by atoms with Crippen LogP contribution in [-0.2, 0) is 21.2 Å². The van der Waals surface area contributed by atoms with Crippen LogP contribution >= 0.6 is 11.3 Å². The third-order valence-corrected chi connectivity index (χ3v) is 11.1. The van der Waals surface area contributed by atoms with Crippen LogP contribution in [0.15, 0.2) is 76.7 Å². The molecule has 0 spiro atoms. The third kappa shape index (κ3) is 6.26. The van der Waals surface area contributed by atoms with Gasteiger partial charge in [0.1, 0.15) is 16.8 Å². The number of nitrogens with one attached hydrogen (secondary N) is 2. The number of carbonyl (C=O) groups is 3. The van der Waals surface area contributed by atoms with Crippen LogP contribution in [0, 0.1) is 6.92 Å². The Kier molecular flexibility index (Phi) is 8.89. The zero-order chi connectivity index (χ0) is 32.4. The molecule has 0 bridgehead atoms. The highest BCUT2D eigenvalue weighted by molar-refractivity contribution is 7.91. The molecular formula is C33H32N4O7S2. The number of hydrogen-bond acceptors (Lipinski definition) is 9. The third-order valence-electron chi connectivity index (χ3n) is 8.21. The summed E-state index contributed by atoms with van der Waals surface area (Å²) in [5.74, 6) is -1.01. The molecule has 0 saturated carbocycles. The number of carbonyl (C=O) groups excluding carboxylic acids is 2. The minimum absolute atomic E-state index is 0.0532. The lowest BCUT2D eigenvalue weighted by atomic mass is 10.1. The van der Waals surface area contributed by atoms with E-state index < -0.39 is 33.7 Å². The van der Waals surface area contributed by atoms with E-state index in [9.17, 15) is 27.9 Å². The highest BCUT2D eigenvalue weighted by atomic mass is 32.2. The first-order valence-corrected chi connectivity index (χ1v) is 17.2. The summed E-state index contributed by atoms with van der Waals surface area (Å²) in [6, 6.07) is 16.0. The Bertz CT molecular complexity index is 1920. The molecule has 238 valence electrons. The summed E-state index contributed by atoms with van der Waals surface area (Å²) >= 11 is 1.43. The molecule has 4 aromatic rings. The maximum atomic E-state index is 13.4. The van der Waals surface area contributed by atoms with E-state index in [-0.39, 0.29) is 33.2 Å². The van der Waals surface area contributed by atoms with Gasteiger partial charge in [-0.05, 0) is 86.8 Å². The lowest BCUT2D eigenvalue weighted by Crippen LogP contribution is -2.36. The molecule has 2 aliphatic rings. The van der Waals surface area contributed by atoms with Crippen LogP contribution < -0.4 is 15.4 Å². The van der Waals surface area contributed by atoms with Gasteiger partial charge in [-0.1, -0.05) is 12.1 Å². The minimum Gasteiger partial charge on any atom is -0.494 e. The number of sulfone groups is 1. The first-order valence-electron chi connectivity index (χ1n) is 14.9. The average Bonchev–Trinajstić information content (AvgIpc) is 3.71. The van der Waals surface area contributed by atoms with Crippen molar-refractivity contribution in [1.82, 2.24) is 15.2 Å². The van der Waals surface area contributed by atoms with Crippen molar-refractivity contribution in [2.45, 2.75) is 48.6 Å². The largest absolute Gasteiger partial charge is 0.494 e. The predicted molar refractivity (Wildman–Crippen MR) is 172 cm³/mol. The smallest absolute Gasteiger partial charge is 0.320 e. The van der Waals surface area contributed by atoms with Gasteiger partial charge in [-0.3, -0.25) is 19.3 Å². The summed E-state index contributed by atoms with van der Waals surface area (Å²) in [5, 5.41) is 15.7. The van der Waals surface area contributed by atoms with Crippen molar-refractivity contribution in [2.75, 3.05) is 25.0 Å². The molecule has 11 nitrogen and oxygen atoms in total. The number of carboxylic acid groups (broad SMARTS) is 1. The SMILES string of the molecule is Cc1c(C(=O)NCc2cnc(-c3ccc(OCCCN4CCC[C@H]4C(=O)O)cc3)s2)ccc2c1NC(=O)c1ccccc1S2(=O)=O. The lowest BCUT2D eigenvalue weighted by Gasteiger charge is -2.20. The Morgan fingerprint density at radius 3 is 2.67 bits per heavy atom. The lowest BCUT2D eigenvalue weighted by molar-refractivity contribution is -0.142. The predicted octanol–water partition coefficient (Wildman–Crippen LogP) is 4.76. The van der Waals surface area contributed by atoms with E-state index in [0.717, 1.165) is 34.8 Å². The van der Waals surface area contributed by atoms with E-state index in [1.54, 1.807) is 25.3 Å². The maximum Gasteiger partial charge on any atom is 0.320 e. The van der Waals surface area contributed by atoms with E-state index in [1.165, 1.54) is 35.6 Å². The van der Waals surface area contributed by atoms with Crippen molar-refractivity contribution in [3.8, 4) is 16.3 Å². The number of amides is 2. The number of rotatable bonds is 10. The summed E-state index contributed by atoms with van der Waals surface area (Å²) in [5.41, 5.74) is 1.66. The molecule has 0 unspecified atom stereocenters. The van der Waals surface area contributed by atoms with Crippen molar-refractivity contribution in [3.05, 3.63) is 88.4 Å². The van der Waals surface area contributed by atoms with Crippen LogP contribution in [0.1, 0.15) is 50.4 Å². The summed E-state index contributed by atoms with van der Waals surface area (Å²) in [4.78, 5) is 44.6. The molecule has 1 aromatic heterocycles. The zero-order valence-corrected chi connectivity index (χ0v) is 26.6. The van der Waals surface area contributed by atoms with E-state index >= 15 is 0 Å². The number of fused-ring (bicyclic) bond motifs is 2. The van der Waals surface area contributed by atoms with Crippen LogP contribution in [0.2, 0.25) is 0 Å². The number of aliphatic carboxylic acids is 1. The fraction of sp³-hybridized carbons (Fsp3) is 0.273. The number of benzene rings is 3. The molecule has 3 N–H and O–H groups in total. The van der Waals surface area contributed by atoms with Crippen molar-refractivity contribution < 1.29 is 32.6 Å². The van der Waals surface area contributed by atoms with E-state index in [1.807, 2.05) is 29.2 Å². The van der Waals surface area contributed by atoms with Crippen molar-refractivity contribution in [1.29, 1.82) is 0 Å². The van der Waals surface area contributed by atoms with Crippen molar-refractivity contribution >= 4 is 44.6 Å². The van der Waals surface area contributed by atoms with Gasteiger partial charge >= 0.3 is 5.97 Å². The number of aromatic nitrogens is 1. The Labute approximate surface area is 270 Å². The van der Waals surface area contributed by atoms with E-state index in [2.05, 4.69) is 15.6 Å². The van der Waals surface area contributed by atoms with Crippen LogP contribution in [0.4, 0.5) is 5.69 Å². The Morgan fingerprint density at radius 2 is 1.89 bits per heavy atom. The molecular weight excluding hydrogens is 629 g/mol. The molecule has 0 radical (unpaired) electrons. The Balaban J connectivity index is 1.05. The highest BCUT2D eigenvalue weighted by Crippen LogP contribution is 2.37. The fourth-order valence-corrected chi connectivity index (χ4v) is 8.33. The number of thiazole rings is 1. The van der Waals surface area contributed by atoms with Gasteiger partial charge in [0.05, 0.1) is 34.2 Å². The number of ether oxygens (including phenoxy) is 1. The maximum absolute atomic E-state index is 13.4.